The van der Waals surface area contributed by atoms with Crippen LogP contribution in [0, 0.1) is 23.6 Å². The van der Waals surface area contributed by atoms with Gasteiger partial charge in [-0.2, -0.15) is 0 Å². The van der Waals surface area contributed by atoms with Crippen molar-refractivity contribution in [3.8, 4) is 5.75 Å². The summed E-state index contributed by atoms with van der Waals surface area (Å²) < 4.78 is 16.2. The molecule has 1 heterocycles. The molecule has 1 amide bonds. The lowest BCUT2D eigenvalue weighted by molar-refractivity contribution is -0.150. The number of Topliss-reactive ketones (excluding diaryl/α,β-unsaturated/α-hetero) is 2. The fraction of sp³-hybridized carbons (Fsp3) is 0.552. The maximum atomic E-state index is 16.2. The van der Waals surface area contributed by atoms with Gasteiger partial charge in [0.1, 0.15) is 28.7 Å². The number of ketones is 2. The number of hydrogen-bond donors (Lipinski definition) is 6. The first kappa shape index (κ1) is 28.3. The molecule has 7 N–H and O–H groups in total. The number of carbonyl (C=O) groups is 3. The van der Waals surface area contributed by atoms with Crippen molar-refractivity contribution < 1.29 is 39.2 Å². The second kappa shape index (κ2) is 9.97. The molecule has 40 heavy (non-hydrogen) atoms. The molecule has 0 bridgehead atoms. The lowest BCUT2D eigenvalue weighted by Gasteiger charge is -2.49. The number of aliphatic hydroxyl groups is 3. The fourth-order valence-electron chi connectivity index (χ4n) is 7.03. The maximum absolute atomic E-state index is 16.2. The number of nitrogens with two attached hydrogens (primary N) is 1. The molecule has 3 aliphatic carbocycles. The molecular formula is C29H36FN3O7. The molecule has 1 aliphatic heterocycles. The van der Waals surface area contributed by atoms with Crippen molar-refractivity contribution in [1.29, 1.82) is 0 Å². The summed E-state index contributed by atoms with van der Waals surface area (Å²) in [5.74, 6) is -7.83. The molecular weight excluding hydrogens is 521 g/mol. The van der Waals surface area contributed by atoms with Crippen LogP contribution in [0.15, 0.2) is 16.9 Å². The van der Waals surface area contributed by atoms with Crippen LogP contribution in [0.4, 0.5) is 4.39 Å². The van der Waals surface area contributed by atoms with Gasteiger partial charge in [-0.1, -0.05) is 13.8 Å². The maximum Gasteiger partial charge on any atom is 0.255 e. The Morgan fingerprint density at radius 2 is 1.88 bits per heavy atom. The zero-order chi connectivity index (χ0) is 29.3. The fourth-order valence-corrected chi connectivity index (χ4v) is 7.03. The number of carbonyl (C=O) groups excluding carboxylic acids is 3. The third-order valence-electron chi connectivity index (χ3n) is 9.11. The predicted molar refractivity (Wildman–Crippen MR) is 143 cm³/mol. The van der Waals surface area contributed by atoms with E-state index in [0.717, 1.165) is 13.0 Å². The Labute approximate surface area is 231 Å². The second-order valence-electron chi connectivity index (χ2n) is 11.8. The van der Waals surface area contributed by atoms with Crippen molar-refractivity contribution in [2.24, 2.45) is 23.5 Å². The van der Waals surface area contributed by atoms with E-state index >= 15 is 4.39 Å². The first-order valence-corrected chi connectivity index (χ1v) is 13.8. The van der Waals surface area contributed by atoms with Crippen LogP contribution in [0.25, 0.3) is 5.76 Å². The van der Waals surface area contributed by atoms with Crippen molar-refractivity contribution in [1.82, 2.24) is 10.2 Å². The van der Waals surface area contributed by atoms with E-state index in [1.807, 2.05) is 25.8 Å². The van der Waals surface area contributed by atoms with E-state index in [1.54, 1.807) is 0 Å². The molecule has 1 aromatic rings. The van der Waals surface area contributed by atoms with E-state index in [2.05, 4.69) is 5.32 Å². The first-order valence-electron chi connectivity index (χ1n) is 13.8. The third-order valence-corrected chi connectivity index (χ3v) is 9.11. The Kier molecular flexibility index (Phi) is 7.04. The van der Waals surface area contributed by atoms with Gasteiger partial charge in [0.15, 0.2) is 11.4 Å². The van der Waals surface area contributed by atoms with Crippen LogP contribution in [-0.4, -0.2) is 74.6 Å². The third kappa shape index (κ3) is 3.97. The topological polar surface area (TPSA) is 173 Å². The number of nitrogens with one attached hydrogen (secondary N) is 1. The highest BCUT2D eigenvalue weighted by Crippen LogP contribution is 2.53. The predicted octanol–water partition coefficient (Wildman–Crippen LogP) is 1.56. The van der Waals surface area contributed by atoms with Crippen LogP contribution in [0.5, 0.6) is 5.75 Å². The minimum Gasteiger partial charge on any atom is -0.508 e. The molecule has 5 atom stereocenters. The smallest absolute Gasteiger partial charge is 0.255 e. The number of rotatable bonds is 4. The van der Waals surface area contributed by atoms with E-state index in [9.17, 15) is 34.8 Å². The van der Waals surface area contributed by atoms with Crippen molar-refractivity contribution in [3.63, 3.8) is 0 Å². The summed E-state index contributed by atoms with van der Waals surface area (Å²) in [7, 11) is 1.87. The summed E-state index contributed by atoms with van der Waals surface area (Å²) in [4.78, 5) is 41.3. The van der Waals surface area contributed by atoms with Crippen LogP contribution < -0.4 is 11.1 Å². The molecule has 216 valence electrons. The largest absolute Gasteiger partial charge is 0.508 e. The second-order valence-corrected chi connectivity index (χ2v) is 11.8. The van der Waals surface area contributed by atoms with Crippen LogP contribution in [0.2, 0.25) is 0 Å². The van der Waals surface area contributed by atoms with Crippen LogP contribution in [-0.2, 0) is 33.8 Å². The van der Waals surface area contributed by atoms with Gasteiger partial charge in [-0.25, -0.2) is 4.39 Å². The van der Waals surface area contributed by atoms with Crippen molar-refractivity contribution in [2.75, 3.05) is 20.1 Å². The van der Waals surface area contributed by atoms with Gasteiger partial charge in [0.25, 0.3) is 5.91 Å². The minimum absolute atomic E-state index is 0.0686. The molecule has 10 nitrogen and oxygen atoms in total. The molecule has 5 rings (SSSR count). The molecule has 1 saturated carbocycles. The molecule has 0 spiro atoms. The Hall–Kier alpha value is -3.28. The number of benzene rings is 1. The van der Waals surface area contributed by atoms with Crippen molar-refractivity contribution >= 4 is 23.2 Å². The minimum atomic E-state index is -2.73. The number of primary amides is 1. The van der Waals surface area contributed by atoms with Gasteiger partial charge >= 0.3 is 0 Å². The lowest BCUT2D eigenvalue weighted by Crippen LogP contribution is -2.66. The van der Waals surface area contributed by atoms with Crippen LogP contribution in [0.3, 0.4) is 0 Å². The highest BCUT2D eigenvalue weighted by atomic mass is 19.1. The number of phenolic OH excluding ortho intramolecular Hbond substituents is 1. The molecule has 0 radical (unpaired) electrons. The zero-order valence-electron chi connectivity index (χ0n) is 22.9. The monoisotopic (exact) mass is 557 g/mol. The first-order chi connectivity index (χ1) is 18.8. The number of aromatic hydroxyl groups is 1. The summed E-state index contributed by atoms with van der Waals surface area (Å²) >= 11 is 0. The summed E-state index contributed by atoms with van der Waals surface area (Å²) in [5.41, 5.74) is 2.08. The number of halogens is 1. The van der Waals surface area contributed by atoms with E-state index in [1.165, 1.54) is 0 Å². The molecule has 1 fully saturated rings. The molecule has 0 aromatic heterocycles. The van der Waals surface area contributed by atoms with Gasteiger partial charge in [0, 0.05) is 34.7 Å². The molecule has 1 aromatic carbocycles. The number of fused-ring (bicyclic) bond motifs is 4. The van der Waals surface area contributed by atoms with Crippen LogP contribution >= 0.6 is 0 Å². The number of phenols is 1. The zero-order valence-corrected chi connectivity index (χ0v) is 22.9. The SMILES string of the molecule is CCCN[C@@H]1C(=O)C(C(N)=O)=C(O)[C@@]2(O)C(=O)C3=C(O)c4c(O)c5c(c(F)c4C[C@H]3C[C@@H]12)CN(C)CCC(C)C5. The average Bonchev–Trinajstić information content (AvgIpc) is 2.88. The molecule has 4 aliphatic rings. The normalized spacial score (nSPS) is 30.7. The van der Waals surface area contributed by atoms with Gasteiger partial charge in [-0.05, 0) is 64.1 Å². The van der Waals surface area contributed by atoms with Gasteiger partial charge in [-0.3, -0.25) is 14.4 Å². The quantitative estimate of drug-likeness (QED) is 0.300. The summed E-state index contributed by atoms with van der Waals surface area (Å²) in [6.45, 7) is 5.18. The standard InChI is InChI=1S/C29H36FN3O7/c1-4-6-32-22-17-10-13-9-15-19(23(34)14-8-12(2)5-7-33(3)11-16(14)21(15)30)24(35)18(13)26(37)29(17,40)27(38)20(25(22)36)28(31)39/h12-13,17,22,32,34-35,38,40H,4-11H2,1-3H3,(H2,31,39)/t12?,13-,17-,22-,29-/m0/s1. The van der Waals surface area contributed by atoms with Crippen molar-refractivity contribution in [2.45, 2.75) is 64.1 Å². The summed E-state index contributed by atoms with van der Waals surface area (Å²) in [6, 6.07) is -1.22. The average molecular weight is 558 g/mol. The summed E-state index contributed by atoms with van der Waals surface area (Å²) in [6.07, 6.45) is 1.65. The lowest BCUT2D eigenvalue weighted by atomic mass is 9.57. The Bertz CT molecular complexity index is 1390. The van der Waals surface area contributed by atoms with E-state index in [4.69, 9.17) is 5.73 Å². The molecule has 1 unspecified atom stereocenters. The summed E-state index contributed by atoms with van der Waals surface area (Å²) in [5, 5.41) is 48.5. The number of nitrogens with zero attached hydrogens (tertiary/aromatic N) is 1. The van der Waals surface area contributed by atoms with E-state index in [-0.39, 0.29) is 47.8 Å². The molecule has 11 heteroatoms. The molecule has 0 saturated heterocycles. The van der Waals surface area contributed by atoms with Gasteiger partial charge < -0.3 is 36.4 Å². The Morgan fingerprint density at radius 1 is 1.18 bits per heavy atom. The van der Waals surface area contributed by atoms with Gasteiger partial charge in [0.2, 0.25) is 5.78 Å². The van der Waals surface area contributed by atoms with E-state index in [0.29, 0.717) is 30.5 Å². The van der Waals surface area contributed by atoms with Crippen molar-refractivity contribution in [3.05, 3.63) is 45.0 Å². The number of hydrogen-bond acceptors (Lipinski definition) is 9. The van der Waals surface area contributed by atoms with Gasteiger partial charge in [0.05, 0.1) is 11.6 Å². The van der Waals surface area contributed by atoms with E-state index < -0.39 is 63.9 Å². The number of amides is 1. The highest BCUT2D eigenvalue weighted by molar-refractivity contribution is 6.24. The van der Waals surface area contributed by atoms with Crippen LogP contribution in [0.1, 0.15) is 55.4 Å². The highest BCUT2D eigenvalue weighted by Gasteiger charge is 2.63. The number of aliphatic hydroxyl groups excluding tert-OH is 2. The van der Waals surface area contributed by atoms with Gasteiger partial charge in [-0.15, -0.1) is 0 Å². The Balaban J connectivity index is 1.71. The Morgan fingerprint density at radius 3 is 2.52 bits per heavy atom.